The van der Waals surface area contributed by atoms with Crippen LogP contribution in [-0.4, -0.2) is 38.5 Å². The summed E-state index contributed by atoms with van der Waals surface area (Å²) in [5.41, 5.74) is 2.85. The molecule has 0 aliphatic carbocycles. The molecule has 152 valence electrons. The van der Waals surface area contributed by atoms with E-state index in [1.807, 2.05) is 61.5 Å². The van der Waals surface area contributed by atoms with Crippen molar-refractivity contribution in [1.29, 1.82) is 0 Å². The summed E-state index contributed by atoms with van der Waals surface area (Å²) in [7, 11) is 3.17. The molecule has 29 heavy (non-hydrogen) atoms. The third-order valence-electron chi connectivity index (χ3n) is 4.68. The van der Waals surface area contributed by atoms with Gasteiger partial charge >= 0.3 is 5.97 Å². The topological polar surface area (TPSA) is 60.0 Å². The minimum atomic E-state index is -0.414. The summed E-state index contributed by atoms with van der Waals surface area (Å²) >= 11 is 5.67. The lowest BCUT2D eigenvalue weighted by atomic mass is 9.95. The number of carbonyl (C=O) groups excluding carboxylic acids is 1. The maximum absolute atomic E-state index is 13.0. The lowest BCUT2D eigenvalue weighted by Gasteiger charge is -2.38. The highest BCUT2D eigenvalue weighted by Crippen LogP contribution is 2.37. The van der Waals surface area contributed by atoms with Crippen LogP contribution >= 0.6 is 12.2 Å². The van der Waals surface area contributed by atoms with Gasteiger partial charge in [-0.2, -0.15) is 0 Å². The lowest BCUT2D eigenvalue weighted by Crippen LogP contribution is -2.48. The standard InChI is InChI=1S/C22H24N2O4S/c1-15-19(21(25)28-14-13-26-2)20(16-9-5-4-6-10-16)23-22(29)24(15)17-11-7-8-12-18(17)27-3/h4-12,20H,13-14H2,1-3H3,(H,23,29)/t20-/m1/s1. The van der Waals surface area contributed by atoms with Gasteiger partial charge in [0.1, 0.15) is 12.4 Å². The van der Waals surface area contributed by atoms with Gasteiger partial charge in [0, 0.05) is 12.8 Å². The van der Waals surface area contributed by atoms with Crippen LogP contribution in [0, 0.1) is 0 Å². The maximum Gasteiger partial charge on any atom is 0.338 e. The molecule has 1 atom stereocenters. The van der Waals surface area contributed by atoms with Crippen LogP contribution in [0.25, 0.3) is 0 Å². The number of ether oxygens (including phenoxy) is 3. The summed E-state index contributed by atoms with van der Waals surface area (Å²) in [6.07, 6.45) is 0. The first kappa shape index (κ1) is 20.8. The number of allylic oxidation sites excluding steroid dienone is 1. The molecule has 2 aromatic rings. The Morgan fingerprint density at radius 1 is 1.07 bits per heavy atom. The van der Waals surface area contributed by atoms with Gasteiger partial charge in [-0.1, -0.05) is 42.5 Å². The molecule has 0 saturated carbocycles. The SMILES string of the molecule is COCCOC(=O)C1=C(C)N(c2ccccc2OC)C(=S)N[C@@H]1c1ccccc1. The summed E-state index contributed by atoms with van der Waals surface area (Å²) in [5.74, 6) is 0.240. The van der Waals surface area contributed by atoms with Gasteiger partial charge < -0.3 is 19.5 Å². The molecule has 1 heterocycles. The Kier molecular flexibility index (Phi) is 6.85. The Bertz CT molecular complexity index is 914. The Labute approximate surface area is 176 Å². The minimum absolute atomic E-state index is 0.173. The Balaban J connectivity index is 2.09. The number of anilines is 1. The summed E-state index contributed by atoms with van der Waals surface area (Å²) in [6, 6.07) is 16.8. The fourth-order valence-corrected chi connectivity index (χ4v) is 3.66. The molecule has 2 aromatic carbocycles. The molecule has 0 bridgehead atoms. The van der Waals surface area contributed by atoms with Gasteiger partial charge in [-0.05, 0) is 36.8 Å². The van der Waals surface area contributed by atoms with Gasteiger partial charge in [-0.15, -0.1) is 0 Å². The largest absolute Gasteiger partial charge is 0.495 e. The van der Waals surface area contributed by atoms with Crippen LogP contribution in [-0.2, 0) is 14.3 Å². The van der Waals surface area contributed by atoms with Crippen molar-refractivity contribution in [3.63, 3.8) is 0 Å². The second kappa shape index (κ2) is 9.54. The molecular formula is C22H24N2O4S. The summed E-state index contributed by atoms with van der Waals surface area (Å²) in [4.78, 5) is 14.8. The van der Waals surface area contributed by atoms with E-state index < -0.39 is 12.0 Å². The number of methoxy groups -OCH3 is 2. The number of hydrogen-bond donors (Lipinski definition) is 1. The first-order chi connectivity index (χ1) is 14.1. The number of nitrogens with zero attached hydrogens (tertiary/aromatic N) is 1. The third kappa shape index (κ3) is 4.41. The zero-order chi connectivity index (χ0) is 20.8. The van der Waals surface area contributed by atoms with E-state index in [1.54, 1.807) is 19.1 Å². The zero-order valence-electron chi connectivity index (χ0n) is 16.7. The molecular weight excluding hydrogens is 388 g/mol. The summed E-state index contributed by atoms with van der Waals surface area (Å²) < 4.78 is 16.0. The van der Waals surface area contributed by atoms with E-state index in [-0.39, 0.29) is 6.61 Å². The van der Waals surface area contributed by atoms with E-state index in [2.05, 4.69) is 5.32 Å². The number of benzene rings is 2. The first-order valence-electron chi connectivity index (χ1n) is 9.24. The summed E-state index contributed by atoms with van der Waals surface area (Å²) in [6.45, 7) is 2.37. The molecule has 0 aromatic heterocycles. The van der Waals surface area contributed by atoms with Crippen LogP contribution in [0.5, 0.6) is 5.75 Å². The smallest absolute Gasteiger partial charge is 0.338 e. The molecule has 3 rings (SSSR count). The monoisotopic (exact) mass is 412 g/mol. The fourth-order valence-electron chi connectivity index (χ4n) is 3.30. The molecule has 1 aliphatic heterocycles. The van der Waals surface area contributed by atoms with Crippen molar-refractivity contribution < 1.29 is 19.0 Å². The van der Waals surface area contributed by atoms with Crippen LogP contribution in [0.2, 0.25) is 0 Å². The molecule has 0 unspecified atom stereocenters. The fraction of sp³-hybridized carbons (Fsp3) is 0.273. The number of hydrogen-bond acceptors (Lipinski definition) is 5. The van der Waals surface area contributed by atoms with E-state index in [0.29, 0.717) is 28.7 Å². The van der Waals surface area contributed by atoms with E-state index >= 15 is 0 Å². The number of para-hydroxylation sites is 2. The van der Waals surface area contributed by atoms with Crippen molar-refractivity contribution in [2.45, 2.75) is 13.0 Å². The molecule has 0 fully saturated rings. The molecule has 0 saturated heterocycles. The Hall–Kier alpha value is -2.90. The van der Waals surface area contributed by atoms with Gasteiger partial charge in [-0.25, -0.2) is 4.79 Å². The first-order valence-corrected chi connectivity index (χ1v) is 9.64. The van der Waals surface area contributed by atoms with Crippen LogP contribution < -0.4 is 15.0 Å². The summed E-state index contributed by atoms with van der Waals surface area (Å²) in [5, 5.41) is 3.78. The second-order valence-electron chi connectivity index (χ2n) is 6.43. The van der Waals surface area contributed by atoms with Gasteiger partial charge in [0.05, 0.1) is 31.0 Å². The van der Waals surface area contributed by atoms with Crippen molar-refractivity contribution >= 4 is 29.0 Å². The average Bonchev–Trinajstić information content (AvgIpc) is 2.74. The van der Waals surface area contributed by atoms with Crippen LogP contribution in [0.1, 0.15) is 18.5 Å². The molecule has 1 aliphatic rings. The van der Waals surface area contributed by atoms with Crippen molar-refractivity contribution in [2.75, 3.05) is 32.3 Å². The zero-order valence-corrected chi connectivity index (χ0v) is 17.5. The molecule has 0 amide bonds. The van der Waals surface area contributed by atoms with Crippen molar-refractivity contribution in [2.24, 2.45) is 0 Å². The molecule has 0 radical (unpaired) electrons. The number of rotatable bonds is 7. The maximum atomic E-state index is 13.0. The molecule has 6 nitrogen and oxygen atoms in total. The predicted molar refractivity (Wildman–Crippen MR) is 116 cm³/mol. The highest BCUT2D eigenvalue weighted by atomic mass is 32.1. The molecule has 1 N–H and O–H groups in total. The number of thiocarbonyl (C=S) groups is 1. The van der Waals surface area contributed by atoms with E-state index in [0.717, 1.165) is 11.3 Å². The third-order valence-corrected chi connectivity index (χ3v) is 4.98. The quantitative estimate of drug-likeness (QED) is 0.424. The van der Waals surface area contributed by atoms with Crippen LogP contribution in [0.15, 0.2) is 65.9 Å². The van der Waals surface area contributed by atoms with Crippen molar-refractivity contribution in [1.82, 2.24) is 5.32 Å². The van der Waals surface area contributed by atoms with Gasteiger partial charge in [0.2, 0.25) is 0 Å². The average molecular weight is 413 g/mol. The normalized spacial score (nSPS) is 16.4. The molecule has 0 spiro atoms. The van der Waals surface area contributed by atoms with E-state index in [9.17, 15) is 4.79 Å². The van der Waals surface area contributed by atoms with Crippen molar-refractivity contribution in [3.8, 4) is 5.75 Å². The number of carbonyl (C=O) groups is 1. The van der Waals surface area contributed by atoms with Gasteiger partial charge in [-0.3, -0.25) is 4.90 Å². The van der Waals surface area contributed by atoms with Crippen molar-refractivity contribution in [3.05, 3.63) is 71.4 Å². The van der Waals surface area contributed by atoms with Crippen LogP contribution in [0.3, 0.4) is 0 Å². The minimum Gasteiger partial charge on any atom is -0.495 e. The number of esters is 1. The highest BCUT2D eigenvalue weighted by molar-refractivity contribution is 7.80. The highest BCUT2D eigenvalue weighted by Gasteiger charge is 2.36. The van der Waals surface area contributed by atoms with Crippen LogP contribution in [0.4, 0.5) is 5.69 Å². The van der Waals surface area contributed by atoms with Gasteiger partial charge in [0.15, 0.2) is 5.11 Å². The Morgan fingerprint density at radius 2 is 1.76 bits per heavy atom. The lowest BCUT2D eigenvalue weighted by molar-refractivity contribution is -0.140. The van der Waals surface area contributed by atoms with E-state index in [1.165, 1.54) is 0 Å². The van der Waals surface area contributed by atoms with E-state index in [4.69, 9.17) is 26.4 Å². The second-order valence-corrected chi connectivity index (χ2v) is 6.81. The number of nitrogens with one attached hydrogen (secondary N) is 1. The van der Waals surface area contributed by atoms with Gasteiger partial charge in [0.25, 0.3) is 0 Å². The Morgan fingerprint density at radius 3 is 2.45 bits per heavy atom. The molecule has 7 heteroatoms. The predicted octanol–water partition coefficient (Wildman–Crippen LogP) is 3.59.